The first-order valence-electron chi connectivity index (χ1n) is 12.2. The van der Waals surface area contributed by atoms with E-state index < -0.39 is 18.0 Å². The van der Waals surface area contributed by atoms with Crippen molar-refractivity contribution < 1.29 is 24.2 Å². The number of hydrogen-bond acceptors (Lipinski definition) is 4. The fourth-order valence-electron chi connectivity index (χ4n) is 5.96. The number of hydrogen-bond donors (Lipinski definition) is 3. The third-order valence-electron chi connectivity index (χ3n) is 7.66. The molecule has 0 heterocycles. The maximum atomic E-state index is 12.9. The first kappa shape index (κ1) is 22.4. The molecule has 7 heteroatoms. The van der Waals surface area contributed by atoms with E-state index in [-0.39, 0.29) is 36.4 Å². The molecule has 2 unspecified atom stereocenters. The standard InChI is InChI=1S/C27H30N2O5/c30-25(28-24-14-6-12-21(24)26(31)32)20-11-5-13-23(20)29-27(33)34-15-22-18-9-3-1-7-16(18)17-8-2-4-10-19(17)22/h1-4,7-10,20-24H,5-6,11-15H2,(H,28,30)(H,29,33)(H,31,32)/t20-,21?,23+,24?/m1/s1. The van der Waals surface area contributed by atoms with Crippen molar-refractivity contribution >= 4 is 18.0 Å². The van der Waals surface area contributed by atoms with Crippen molar-refractivity contribution in [3.05, 3.63) is 59.7 Å². The van der Waals surface area contributed by atoms with Crippen molar-refractivity contribution in [2.75, 3.05) is 6.61 Å². The van der Waals surface area contributed by atoms with Crippen LogP contribution in [0.5, 0.6) is 0 Å². The Hall–Kier alpha value is -3.35. The molecule has 178 valence electrons. The van der Waals surface area contributed by atoms with Crippen molar-refractivity contribution in [2.45, 2.75) is 56.5 Å². The van der Waals surface area contributed by atoms with Crippen LogP contribution in [0.15, 0.2) is 48.5 Å². The third kappa shape index (κ3) is 4.27. The third-order valence-corrected chi connectivity index (χ3v) is 7.66. The van der Waals surface area contributed by atoms with Gasteiger partial charge < -0.3 is 20.5 Å². The Bertz CT molecular complexity index is 1050. The molecule has 2 amide bonds. The minimum Gasteiger partial charge on any atom is -0.481 e. The Morgan fingerprint density at radius 1 is 0.794 bits per heavy atom. The van der Waals surface area contributed by atoms with Crippen LogP contribution in [0, 0.1) is 11.8 Å². The van der Waals surface area contributed by atoms with E-state index in [4.69, 9.17) is 4.74 Å². The summed E-state index contributed by atoms with van der Waals surface area (Å²) >= 11 is 0. The number of benzene rings is 2. The van der Waals surface area contributed by atoms with Gasteiger partial charge in [0.15, 0.2) is 0 Å². The highest BCUT2D eigenvalue weighted by Gasteiger charge is 2.39. The summed E-state index contributed by atoms with van der Waals surface area (Å²) in [5, 5.41) is 15.2. The number of carboxylic acids is 1. The maximum Gasteiger partial charge on any atom is 0.407 e. The van der Waals surface area contributed by atoms with Crippen LogP contribution in [0.1, 0.15) is 55.6 Å². The summed E-state index contributed by atoms with van der Waals surface area (Å²) in [5.41, 5.74) is 4.65. The average Bonchev–Trinajstić information content (AvgIpc) is 3.55. The largest absolute Gasteiger partial charge is 0.481 e. The molecule has 2 aromatic carbocycles. The molecule has 34 heavy (non-hydrogen) atoms. The van der Waals surface area contributed by atoms with Gasteiger partial charge in [0.25, 0.3) is 0 Å². The molecule has 0 bridgehead atoms. The quantitative estimate of drug-likeness (QED) is 0.600. The van der Waals surface area contributed by atoms with Gasteiger partial charge in [-0.3, -0.25) is 9.59 Å². The Balaban J connectivity index is 1.19. The highest BCUT2D eigenvalue weighted by Crippen LogP contribution is 2.44. The van der Waals surface area contributed by atoms with E-state index in [2.05, 4.69) is 34.9 Å². The summed E-state index contributed by atoms with van der Waals surface area (Å²) in [7, 11) is 0. The number of ether oxygens (including phenoxy) is 1. The first-order valence-corrected chi connectivity index (χ1v) is 12.2. The summed E-state index contributed by atoms with van der Waals surface area (Å²) in [4.78, 5) is 37.0. The predicted molar refractivity (Wildman–Crippen MR) is 126 cm³/mol. The SMILES string of the molecule is O=C(N[C@H]1CCC[C@H]1C(=O)NC1CCCC1C(=O)O)OCC1c2ccccc2-c2ccccc21. The molecule has 0 aliphatic heterocycles. The minimum absolute atomic E-state index is 0.0175. The molecule has 2 aromatic rings. The molecule has 7 nitrogen and oxygen atoms in total. The van der Waals surface area contributed by atoms with E-state index in [0.29, 0.717) is 25.7 Å². The van der Waals surface area contributed by atoms with Crippen LogP contribution in [0.2, 0.25) is 0 Å². The van der Waals surface area contributed by atoms with E-state index >= 15 is 0 Å². The van der Waals surface area contributed by atoms with Gasteiger partial charge in [0.2, 0.25) is 5.91 Å². The number of fused-ring (bicyclic) bond motifs is 3. The van der Waals surface area contributed by atoms with E-state index in [0.717, 1.165) is 24.0 Å². The summed E-state index contributed by atoms with van der Waals surface area (Å²) in [6, 6.07) is 15.7. The molecule has 0 radical (unpaired) electrons. The molecule has 2 saturated carbocycles. The van der Waals surface area contributed by atoms with Crippen LogP contribution >= 0.6 is 0 Å². The fourth-order valence-corrected chi connectivity index (χ4v) is 5.96. The lowest BCUT2D eigenvalue weighted by atomic mass is 9.98. The zero-order chi connectivity index (χ0) is 23.7. The highest BCUT2D eigenvalue weighted by molar-refractivity contribution is 5.82. The second kappa shape index (κ2) is 9.49. The highest BCUT2D eigenvalue weighted by atomic mass is 16.5. The first-order chi connectivity index (χ1) is 16.5. The summed E-state index contributed by atoms with van der Waals surface area (Å²) in [5.74, 6) is -1.94. The van der Waals surface area contributed by atoms with Crippen molar-refractivity contribution in [3.63, 3.8) is 0 Å². The second-order valence-corrected chi connectivity index (χ2v) is 9.60. The summed E-state index contributed by atoms with van der Waals surface area (Å²) < 4.78 is 5.65. The number of nitrogens with one attached hydrogen (secondary N) is 2. The van der Waals surface area contributed by atoms with E-state index in [1.54, 1.807) is 0 Å². The zero-order valence-corrected chi connectivity index (χ0v) is 19.0. The van der Waals surface area contributed by atoms with Crippen LogP contribution in [0.25, 0.3) is 11.1 Å². The van der Waals surface area contributed by atoms with Crippen molar-refractivity contribution in [3.8, 4) is 11.1 Å². The van der Waals surface area contributed by atoms with Gasteiger partial charge in [0.05, 0.1) is 11.8 Å². The minimum atomic E-state index is -0.859. The van der Waals surface area contributed by atoms with Crippen molar-refractivity contribution in [2.24, 2.45) is 11.8 Å². The molecular formula is C27H30N2O5. The molecule has 2 fully saturated rings. The monoisotopic (exact) mass is 462 g/mol. The number of carboxylic acid groups (broad SMARTS) is 1. The van der Waals surface area contributed by atoms with Crippen LogP contribution in [0.3, 0.4) is 0 Å². The lowest BCUT2D eigenvalue weighted by Gasteiger charge is -2.24. The van der Waals surface area contributed by atoms with Gasteiger partial charge in [0, 0.05) is 18.0 Å². The molecule has 3 N–H and O–H groups in total. The van der Waals surface area contributed by atoms with Crippen LogP contribution < -0.4 is 10.6 Å². The Morgan fingerprint density at radius 3 is 1.97 bits per heavy atom. The molecular weight excluding hydrogens is 432 g/mol. The number of amides is 2. The van der Waals surface area contributed by atoms with Crippen LogP contribution in [0.4, 0.5) is 4.79 Å². The van der Waals surface area contributed by atoms with Crippen molar-refractivity contribution in [1.82, 2.24) is 10.6 Å². The van der Waals surface area contributed by atoms with Gasteiger partial charge in [-0.2, -0.15) is 0 Å². The maximum absolute atomic E-state index is 12.9. The molecule has 5 rings (SSSR count). The van der Waals surface area contributed by atoms with Crippen molar-refractivity contribution in [1.29, 1.82) is 0 Å². The molecule has 0 saturated heterocycles. The van der Waals surface area contributed by atoms with Gasteiger partial charge in [-0.05, 0) is 47.9 Å². The predicted octanol–water partition coefficient (Wildman–Crippen LogP) is 4.06. The Labute approximate surface area is 198 Å². The van der Waals surface area contributed by atoms with E-state index in [9.17, 15) is 19.5 Å². The lowest BCUT2D eigenvalue weighted by molar-refractivity contribution is -0.142. The van der Waals surface area contributed by atoms with Gasteiger partial charge in [0.1, 0.15) is 6.61 Å². The molecule has 0 aromatic heterocycles. The lowest BCUT2D eigenvalue weighted by Crippen LogP contribution is -2.48. The number of rotatable bonds is 6. The second-order valence-electron chi connectivity index (χ2n) is 9.60. The zero-order valence-electron chi connectivity index (χ0n) is 19.0. The van der Waals surface area contributed by atoms with Gasteiger partial charge in [-0.1, -0.05) is 61.4 Å². The van der Waals surface area contributed by atoms with Crippen LogP contribution in [-0.2, 0) is 14.3 Å². The molecule has 4 atom stereocenters. The number of alkyl carbamates (subject to hydrolysis) is 1. The number of carbonyl (C=O) groups excluding carboxylic acids is 2. The number of carbonyl (C=O) groups is 3. The van der Waals surface area contributed by atoms with E-state index in [1.807, 2.05) is 24.3 Å². The van der Waals surface area contributed by atoms with Gasteiger partial charge in [-0.15, -0.1) is 0 Å². The van der Waals surface area contributed by atoms with E-state index in [1.165, 1.54) is 11.1 Å². The number of aliphatic carboxylic acids is 1. The molecule has 3 aliphatic carbocycles. The van der Waals surface area contributed by atoms with Gasteiger partial charge in [-0.25, -0.2) is 4.79 Å². The average molecular weight is 463 g/mol. The Morgan fingerprint density at radius 2 is 1.35 bits per heavy atom. The van der Waals surface area contributed by atoms with Gasteiger partial charge >= 0.3 is 12.1 Å². The smallest absolute Gasteiger partial charge is 0.407 e. The summed E-state index contributed by atoms with van der Waals surface area (Å²) in [6.07, 6.45) is 3.76. The summed E-state index contributed by atoms with van der Waals surface area (Å²) in [6.45, 7) is 0.228. The normalized spacial score (nSPS) is 25.4. The van der Waals surface area contributed by atoms with Crippen LogP contribution in [-0.4, -0.2) is 41.8 Å². The Kier molecular flexibility index (Phi) is 6.26. The topological polar surface area (TPSA) is 105 Å². The molecule has 3 aliphatic rings. The fraction of sp³-hybridized carbons (Fsp3) is 0.444. The molecule has 0 spiro atoms.